The topological polar surface area (TPSA) is 21.3 Å². The van der Waals surface area contributed by atoms with Crippen LogP contribution in [0.15, 0.2) is 0 Å². The predicted octanol–water partition coefficient (Wildman–Crippen LogP) is 2.00. The van der Waals surface area contributed by atoms with E-state index in [1.807, 2.05) is 7.05 Å². The summed E-state index contributed by atoms with van der Waals surface area (Å²) < 4.78 is 5.06. The number of hydrogen-bond acceptors (Lipinski definition) is 3. The maximum atomic E-state index is 5.06. The summed E-state index contributed by atoms with van der Waals surface area (Å²) in [5, 5.41) is 3.08. The van der Waals surface area contributed by atoms with Gasteiger partial charge in [-0.15, -0.1) is 0 Å². The molecular formula is C5H12INOS. The third-order valence-electron chi connectivity index (χ3n) is 0.949. The number of halogens is 1. The summed E-state index contributed by atoms with van der Waals surface area (Å²) in [5.74, 6) is 0. The lowest BCUT2D eigenvalue weighted by Crippen LogP contribution is -2.07. The van der Waals surface area contributed by atoms with Crippen molar-refractivity contribution in [1.82, 2.24) is 5.32 Å². The Bertz CT molecular complexity index is 50.2. The van der Waals surface area contributed by atoms with Crippen LogP contribution in [0.1, 0.15) is 12.8 Å². The van der Waals surface area contributed by atoms with Gasteiger partial charge < -0.3 is 9.50 Å². The molecule has 0 aliphatic heterocycles. The van der Waals surface area contributed by atoms with Gasteiger partial charge in [0.2, 0.25) is 0 Å². The summed E-state index contributed by atoms with van der Waals surface area (Å²) in [7, 11) is 3.38. The van der Waals surface area contributed by atoms with Gasteiger partial charge in [-0.05, 0) is 26.4 Å². The summed E-state index contributed by atoms with van der Waals surface area (Å²) in [4.78, 5) is 0. The van der Waals surface area contributed by atoms with Crippen molar-refractivity contribution in [1.29, 1.82) is 0 Å². The van der Waals surface area contributed by atoms with Gasteiger partial charge in [0.05, 0.1) is 15.8 Å². The van der Waals surface area contributed by atoms with Gasteiger partial charge in [0.25, 0.3) is 0 Å². The first-order valence-electron chi connectivity index (χ1n) is 2.96. The molecular weight excluding hydrogens is 249 g/mol. The molecule has 0 fully saturated rings. The van der Waals surface area contributed by atoms with E-state index in [1.165, 1.54) is 15.6 Å². The molecule has 0 atom stereocenters. The molecule has 0 saturated carbocycles. The third-order valence-corrected chi connectivity index (χ3v) is 1.97. The molecule has 0 aromatic carbocycles. The highest BCUT2D eigenvalue weighted by molar-refractivity contribution is 14.2. The molecule has 0 aromatic rings. The van der Waals surface area contributed by atoms with Crippen LogP contribution in [0.4, 0.5) is 0 Å². The molecule has 0 aliphatic carbocycles. The van der Waals surface area contributed by atoms with E-state index in [1.54, 1.807) is 0 Å². The van der Waals surface area contributed by atoms with Gasteiger partial charge in [0.15, 0.2) is 0 Å². The second-order valence-electron chi connectivity index (χ2n) is 1.70. The second-order valence-corrected chi connectivity index (χ2v) is 3.14. The van der Waals surface area contributed by atoms with Crippen LogP contribution in [0.5, 0.6) is 0 Å². The Kier molecular flexibility index (Phi) is 10.0. The van der Waals surface area contributed by atoms with Gasteiger partial charge in [0.1, 0.15) is 0 Å². The normalized spacial score (nSPS) is 10.0. The SMILES string of the molecule is CNCCCCOSI. The first-order valence-corrected chi connectivity index (χ1v) is 6.25. The average molecular weight is 261 g/mol. The summed E-state index contributed by atoms with van der Waals surface area (Å²) >= 11 is 2.13. The fraction of sp³-hybridized carbons (Fsp3) is 1.00. The van der Waals surface area contributed by atoms with Gasteiger partial charge in [-0.1, -0.05) is 0 Å². The molecule has 56 valence electrons. The molecule has 0 heterocycles. The van der Waals surface area contributed by atoms with Crippen molar-refractivity contribution < 1.29 is 4.18 Å². The molecule has 0 spiro atoms. The zero-order valence-corrected chi connectivity index (χ0v) is 8.50. The van der Waals surface area contributed by atoms with Crippen LogP contribution in [0.25, 0.3) is 0 Å². The summed E-state index contributed by atoms with van der Waals surface area (Å²) in [6.45, 7) is 1.96. The average Bonchev–Trinajstić information content (AvgIpc) is 1.89. The van der Waals surface area contributed by atoms with E-state index < -0.39 is 0 Å². The largest absolute Gasteiger partial charge is 0.320 e. The second kappa shape index (κ2) is 9.00. The fourth-order valence-electron chi connectivity index (χ4n) is 0.494. The molecule has 0 aromatic heterocycles. The molecule has 0 radical (unpaired) electrons. The van der Waals surface area contributed by atoms with Gasteiger partial charge >= 0.3 is 0 Å². The van der Waals surface area contributed by atoms with E-state index in [0.717, 1.165) is 19.6 Å². The van der Waals surface area contributed by atoms with E-state index in [4.69, 9.17) is 4.18 Å². The van der Waals surface area contributed by atoms with E-state index in [2.05, 4.69) is 26.5 Å². The van der Waals surface area contributed by atoms with Crippen molar-refractivity contribution >= 4 is 30.4 Å². The fourth-order valence-corrected chi connectivity index (χ4v) is 1.21. The van der Waals surface area contributed by atoms with E-state index in [9.17, 15) is 0 Å². The highest BCUT2D eigenvalue weighted by Gasteiger charge is 1.86. The quantitative estimate of drug-likeness (QED) is 0.449. The highest BCUT2D eigenvalue weighted by atomic mass is 127. The van der Waals surface area contributed by atoms with E-state index in [0.29, 0.717) is 0 Å². The lowest BCUT2D eigenvalue weighted by Gasteiger charge is -1.97. The summed E-state index contributed by atoms with van der Waals surface area (Å²) in [6.07, 6.45) is 2.35. The zero-order chi connectivity index (χ0) is 6.95. The molecule has 0 unspecified atom stereocenters. The Labute approximate surface area is 72.9 Å². The Balaban J connectivity index is 2.60. The lowest BCUT2D eigenvalue weighted by atomic mass is 10.3. The molecule has 1 N–H and O–H groups in total. The zero-order valence-electron chi connectivity index (χ0n) is 5.52. The summed E-state index contributed by atoms with van der Waals surface area (Å²) in [6, 6.07) is 0. The number of unbranched alkanes of at least 4 members (excludes halogenated alkanes) is 1. The van der Waals surface area contributed by atoms with Crippen molar-refractivity contribution in [2.45, 2.75) is 12.8 Å². The van der Waals surface area contributed by atoms with Crippen LogP contribution in [0.3, 0.4) is 0 Å². The lowest BCUT2D eigenvalue weighted by molar-refractivity contribution is 0.364. The van der Waals surface area contributed by atoms with Crippen LogP contribution in [0.2, 0.25) is 0 Å². The Morgan fingerprint density at radius 2 is 2.33 bits per heavy atom. The van der Waals surface area contributed by atoms with Gasteiger partial charge in [-0.2, -0.15) is 0 Å². The Hall–Kier alpha value is 1.00. The minimum absolute atomic E-state index is 0.870. The van der Waals surface area contributed by atoms with Crippen LogP contribution in [-0.2, 0) is 4.18 Å². The highest BCUT2D eigenvalue weighted by Crippen LogP contribution is 2.12. The van der Waals surface area contributed by atoms with Crippen LogP contribution < -0.4 is 5.32 Å². The monoisotopic (exact) mass is 261 g/mol. The molecule has 4 heteroatoms. The van der Waals surface area contributed by atoms with Crippen molar-refractivity contribution in [3.8, 4) is 0 Å². The smallest absolute Gasteiger partial charge is 0.0650 e. The van der Waals surface area contributed by atoms with Crippen molar-refractivity contribution in [2.24, 2.45) is 0 Å². The molecule has 0 bridgehead atoms. The molecule has 0 rings (SSSR count). The van der Waals surface area contributed by atoms with Gasteiger partial charge in [-0.3, -0.25) is 0 Å². The van der Waals surface area contributed by atoms with Gasteiger partial charge in [-0.25, -0.2) is 0 Å². The van der Waals surface area contributed by atoms with Gasteiger partial charge in [0, 0.05) is 21.2 Å². The summed E-state index contributed by atoms with van der Waals surface area (Å²) in [5.41, 5.74) is 0. The van der Waals surface area contributed by atoms with Crippen LogP contribution >= 0.6 is 30.4 Å². The maximum absolute atomic E-state index is 5.06. The standard InChI is InChI=1S/C5H12INOS/c1-7-4-2-3-5-8-9-6/h7H,2-5H2,1H3. The van der Waals surface area contributed by atoms with Crippen molar-refractivity contribution in [2.75, 3.05) is 20.2 Å². The maximum Gasteiger partial charge on any atom is 0.0650 e. The van der Waals surface area contributed by atoms with Crippen LogP contribution in [0, 0.1) is 0 Å². The Morgan fingerprint density at radius 1 is 1.56 bits per heavy atom. The van der Waals surface area contributed by atoms with Crippen molar-refractivity contribution in [3.05, 3.63) is 0 Å². The number of rotatable bonds is 6. The minimum atomic E-state index is 0.870. The molecule has 0 saturated heterocycles. The number of nitrogens with one attached hydrogen (secondary N) is 1. The minimum Gasteiger partial charge on any atom is -0.320 e. The van der Waals surface area contributed by atoms with Crippen molar-refractivity contribution in [3.63, 3.8) is 0 Å². The van der Waals surface area contributed by atoms with E-state index >= 15 is 0 Å². The van der Waals surface area contributed by atoms with Crippen LogP contribution in [-0.4, -0.2) is 20.2 Å². The molecule has 9 heavy (non-hydrogen) atoms. The predicted molar refractivity (Wildman–Crippen MR) is 50.7 cm³/mol. The molecule has 0 amide bonds. The number of hydrogen-bond donors (Lipinski definition) is 1. The Morgan fingerprint density at radius 3 is 2.89 bits per heavy atom. The molecule has 2 nitrogen and oxygen atoms in total. The molecule has 0 aliphatic rings. The third kappa shape index (κ3) is 9.00. The van der Waals surface area contributed by atoms with E-state index in [-0.39, 0.29) is 0 Å². The first kappa shape index (κ1) is 10.0. The first-order chi connectivity index (χ1) is 4.41.